The molecule has 1 aromatic carbocycles. The van der Waals surface area contributed by atoms with E-state index in [-0.39, 0.29) is 11.9 Å². The molecular weight excluding hydrogens is 298 g/mol. The second-order valence-corrected chi connectivity index (χ2v) is 9.19. The zero-order valence-corrected chi connectivity index (χ0v) is 15.0. The van der Waals surface area contributed by atoms with Crippen LogP contribution in [-0.2, 0) is 10.2 Å². The van der Waals surface area contributed by atoms with E-state index in [1.54, 1.807) is 0 Å². The highest BCUT2D eigenvalue weighted by molar-refractivity contribution is 5.87. The second-order valence-electron chi connectivity index (χ2n) is 9.19. The third-order valence-electron chi connectivity index (χ3n) is 6.85. The number of aliphatic hydroxyl groups is 1. The van der Waals surface area contributed by atoms with Crippen molar-refractivity contribution >= 4 is 5.91 Å². The van der Waals surface area contributed by atoms with Crippen LogP contribution in [0.2, 0.25) is 0 Å². The molecule has 130 valence electrons. The van der Waals surface area contributed by atoms with Crippen molar-refractivity contribution in [1.29, 1.82) is 0 Å². The molecule has 0 aliphatic heterocycles. The van der Waals surface area contributed by atoms with E-state index in [4.69, 9.17) is 0 Å². The van der Waals surface area contributed by atoms with Gasteiger partial charge in [0.15, 0.2) is 0 Å². The van der Waals surface area contributed by atoms with Crippen molar-refractivity contribution in [2.75, 3.05) is 0 Å². The van der Waals surface area contributed by atoms with Gasteiger partial charge in [-0.2, -0.15) is 0 Å². The van der Waals surface area contributed by atoms with Crippen LogP contribution in [0.15, 0.2) is 24.3 Å². The average Bonchev–Trinajstić information content (AvgIpc) is 2.49. The number of amides is 1. The van der Waals surface area contributed by atoms with Crippen LogP contribution in [0.4, 0.5) is 0 Å². The van der Waals surface area contributed by atoms with Gasteiger partial charge in [-0.3, -0.25) is 4.79 Å². The Morgan fingerprint density at radius 2 is 1.88 bits per heavy atom. The predicted octanol–water partition coefficient (Wildman–Crippen LogP) is 3.33. The molecule has 2 atom stereocenters. The Morgan fingerprint density at radius 1 is 1.21 bits per heavy atom. The highest BCUT2D eigenvalue weighted by Crippen LogP contribution is 2.55. The predicted molar refractivity (Wildman–Crippen MR) is 94.6 cm³/mol. The summed E-state index contributed by atoms with van der Waals surface area (Å²) in [4.78, 5) is 13.1. The molecule has 0 radical (unpaired) electrons. The molecule has 1 aromatic rings. The maximum Gasteiger partial charge on any atom is 0.230 e. The van der Waals surface area contributed by atoms with Gasteiger partial charge in [-0.05, 0) is 76.2 Å². The molecule has 4 bridgehead atoms. The molecule has 4 saturated carbocycles. The largest absolute Gasteiger partial charge is 0.390 e. The summed E-state index contributed by atoms with van der Waals surface area (Å²) >= 11 is 0. The Hall–Kier alpha value is -1.35. The quantitative estimate of drug-likeness (QED) is 0.894. The summed E-state index contributed by atoms with van der Waals surface area (Å²) in [6.45, 7) is 6.09. The molecule has 0 heterocycles. The van der Waals surface area contributed by atoms with Gasteiger partial charge < -0.3 is 10.4 Å². The number of hydrogen-bond acceptors (Lipinski definition) is 2. The van der Waals surface area contributed by atoms with Crippen LogP contribution in [0.25, 0.3) is 0 Å². The van der Waals surface area contributed by atoms with E-state index in [1.807, 2.05) is 26.0 Å². The molecule has 5 rings (SSSR count). The normalized spacial score (nSPS) is 37.5. The van der Waals surface area contributed by atoms with Crippen LogP contribution in [0.1, 0.15) is 57.1 Å². The van der Waals surface area contributed by atoms with Crippen LogP contribution >= 0.6 is 0 Å². The van der Waals surface area contributed by atoms with E-state index in [1.165, 1.54) is 18.4 Å². The van der Waals surface area contributed by atoms with E-state index in [2.05, 4.69) is 24.4 Å². The van der Waals surface area contributed by atoms with Gasteiger partial charge in [0.05, 0.1) is 11.0 Å². The molecule has 3 heteroatoms. The first kappa shape index (κ1) is 16.1. The topological polar surface area (TPSA) is 49.3 Å². The summed E-state index contributed by atoms with van der Waals surface area (Å²) in [6, 6.07) is 8.50. The maximum atomic E-state index is 13.1. The summed E-state index contributed by atoms with van der Waals surface area (Å²) in [5.74, 6) is 1.71. The number of hydrogen-bond donors (Lipinski definition) is 2. The first-order valence-electron chi connectivity index (χ1n) is 9.37. The molecule has 4 aliphatic carbocycles. The van der Waals surface area contributed by atoms with Gasteiger partial charge in [0.1, 0.15) is 0 Å². The Balaban J connectivity index is 1.52. The van der Waals surface area contributed by atoms with Gasteiger partial charge in [0.2, 0.25) is 5.91 Å². The van der Waals surface area contributed by atoms with E-state index in [0.29, 0.717) is 17.8 Å². The van der Waals surface area contributed by atoms with Crippen molar-refractivity contribution in [2.45, 2.75) is 69.9 Å². The van der Waals surface area contributed by atoms with Crippen molar-refractivity contribution in [3.05, 3.63) is 35.4 Å². The Bertz CT molecular complexity index is 650. The summed E-state index contributed by atoms with van der Waals surface area (Å²) in [5, 5.41) is 14.1. The highest BCUT2D eigenvalue weighted by atomic mass is 16.3. The van der Waals surface area contributed by atoms with E-state index >= 15 is 0 Å². The molecule has 0 saturated heterocycles. The lowest BCUT2D eigenvalue weighted by Gasteiger charge is -2.58. The third kappa shape index (κ3) is 2.57. The summed E-state index contributed by atoms with van der Waals surface area (Å²) in [6.07, 6.45) is 5.07. The Morgan fingerprint density at radius 3 is 2.46 bits per heavy atom. The summed E-state index contributed by atoms with van der Waals surface area (Å²) in [5.41, 5.74) is 1.29. The lowest BCUT2D eigenvalue weighted by atomic mass is 9.52. The molecule has 24 heavy (non-hydrogen) atoms. The highest BCUT2D eigenvalue weighted by Gasteiger charge is 2.55. The number of rotatable bonds is 3. The summed E-state index contributed by atoms with van der Waals surface area (Å²) < 4.78 is 0. The van der Waals surface area contributed by atoms with Gasteiger partial charge >= 0.3 is 0 Å². The zero-order valence-electron chi connectivity index (χ0n) is 15.0. The monoisotopic (exact) mass is 327 g/mol. The smallest absolute Gasteiger partial charge is 0.230 e. The van der Waals surface area contributed by atoms with Crippen LogP contribution < -0.4 is 5.32 Å². The molecular formula is C21H29NO2. The first-order chi connectivity index (χ1) is 11.3. The molecule has 0 spiro atoms. The molecule has 0 unspecified atom stereocenters. The number of benzene rings is 1. The minimum absolute atomic E-state index is 0.123. The van der Waals surface area contributed by atoms with Crippen LogP contribution in [0, 0.1) is 24.7 Å². The molecule has 4 aliphatic rings. The zero-order chi connectivity index (χ0) is 17.1. The van der Waals surface area contributed by atoms with Crippen LogP contribution in [-0.4, -0.2) is 22.7 Å². The third-order valence-corrected chi connectivity index (χ3v) is 6.85. The van der Waals surface area contributed by atoms with Crippen molar-refractivity contribution in [3.63, 3.8) is 0 Å². The lowest BCUT2D eigenvalue weighted by Crippen LogP contribution is -2.62. The molecule has 2 N–H and O–H groups in total. The van der Waals surface area contributed by atoms with Gasteiger partial charge in [0.25, 0.3) is 0 Å². The molecule has 0 aromatic heterocycles. The number of carbonyl (C=O) groups is 1. The van der Waals surface area contributed by atoms with Crippen molar-refractivity contribution in [2.24, 2.45) is 17.8 Å². The average molecular weight is 327 g/mol. The second kappa shape index (κ2) is 5.32. The molecule has 4 fully saturated rings. The van der Waals surface area contributed by atoms with E-state index in [9.17, 15) is 9.90 Å². The number of aryl methyl sites for hydroxylation is 1. The number of carbonyl (C=O) groups excluding carboxylic acids is 1. The fourth-order valence-corrected chi connectivity index (χ4v) is 5.71. The molecule has 3 nitrogen and oxygen atoms in total. The summed E-state index contributed by atoms with van der Waals surface area (Å²) in [7, 11) is 0. The minimum Gasteiger partial charge on any atom is -0.390 e. The fraction of sp³-hybridized carbons (Fsp3) is 0.667. The van der Waals surface area contributed by atoms with Gasteiger partial charge in [-0.15, -0.1) is 0 Å². The minimum atomic E-state index is -0.530. The van der Waals surface area contributed by atoms with E-state index in [0.717, 1.165) is 24.8 Å². The first-order valence-corrected chi connectivity index (χ1v) is 9.37. The van der Waals surface area contributed by atoms with Gasteiger partial charge in [0, 0.05) is 6.04 Å². The van der Waals surface area contributed by atoms with Gasteiger partial charge in [-0.25, -0.2) is 0 Å². The van der Waals surface area contributed by atoms with Crippen molar-refractivity contribution in [3.8, 4) is 0 Å². The van der Waals surface area contributed by atoms with Crippen molar-refractivity contribution < 1.29 is 9.90 Å². The number of nitrogens with one attached hydrogen (secondary N) is 1. The lowest BCUT2D eigenvalue weighted by molar-refractivity contribution is -0.148. The Kier molecular flexibility index (Phi) is 3.58. The van der Waals surface area contributed by atoms with E-state index < -0.39 is 11.0 Å². The Labute approximate surface area is 144 Å². The standard InChI is InChI=1S/C21H29NO2/c1-13-5-4-6-17(7-13)20(2,3)19(23)22-18-15-8-14-9-16(18)12-21(24,10-14)11-15/h4-7,14-16,18,24H,8-12H2,1-3H3,(H,22,23)/t14?,15-,16-,18?,21?/m1/s1. The molecule has 1 amide bonds. The van der Waals surface area contributed by atoms with Crippen LogP contribution in [0.5, 0.6) is 0 Å². The fourth-order valence-electron chi connectivity index (χ4n) is 5.71. The van der Waals surface area contributed by atoms with Crippen molar-refractivity contribution in [1.82, 2.24) is 5.32 Å². The van der Waals surface area contributed by atoms with Crippen LogP contribution in [0.3, 0.4) is 0 Å². The van der Waals surface area contributed by atoms with Gasteiger partial charge in [-0.1, -0.05) is 29.8 Å². The maximum absolute atomic E-state index is 13.1. The SMILES string of the molecule is Cc1cccc(C(C)(C)C(=O)NC2[C@@H]3CC4C[C@@H]2CC(O)(C4)C3)c1.